The van der Waals surface area contributed by atoms with Gasteiger partial charge in [-0.1, -0.05) is 0 Å². The maximum atomic E-state index is 12.8. The summed E-state index contributed by atoms with van der Waals surface area (Å²) in [5, 5.41) is 12.4. The van der Waals surface area contributed by atoms with E-state index in [9.17, 15) is 18.0 Å². The molecule has 2 N–H and O–H groups in total. The number of pyridine rings is 2. The Balaban J connectivity index is 1.99. The fourth-order valence-electron chi connectivity index (χ4n) is 2.92. The summed E-state index contributed by atoms with van der Waals surface area (Å²) in [7, 11) is 1.47. The SMILES string of the molecule is COc1cc(-c2ccc(C(F)(F)F)cn2)nc2cc(C(=O)N[C@H](C)CCO)ccc12. The molecular weight excluding hydrogens is 399 g/mol. The molecule has 0 radical (unpaired) electrons. The van der Waals surface area contributed by atoms with Crippen molar-refractivity contribution >= 4 is 16.8 Å². The summed E-state index contributed by atoms with van der Waals surface area (Å²) >= 11 is 0. The first-order valence-corrected chi connectivity index (χ1v) is 9.17. The average molecular weight is 419 g/mol. The van der Waals surface area contributed by atoms with Gasteiger partial charge in [0.05, 0.1) is 29.6 Å². The smallest absolute Gasteiger partial charge is 0.417 e. The molecule has 0 aliphatic rings. The second kappa shape index (κ2) is 8.66. The zero-order valence-corrected chi connectivity index (χ0v) is 16.3. The highest BCUT2D eigenvalue weighted by molar-refractivity contribution is 5.99. The molecule has 158 valence electrons. The Morgan fingerprint density at radius 1 is 1.20 bits per heavy atom. The van der Waals surface area contributed by atoms with Crippen molar-refractivity contribution in [1.29, 1.82) is 0 Å². The van der Waals surface area contributed by atoms with Gasteiger partial charge in [0.1, 0.15) is 5.75 Å². The predicted octanol–water partition coefficient (Wildman–Crippen LogP) is 3.82. The molecule has 0 aliphatic carbocycles. The van der Waals surface area contributed by atoms with Crippen molar-refractivity contribution in [3.05, 3.63) is 53.7 Å². The van der Waals surface area contributed by atoms with Crippen molar-refractivity contribution < 1.29 is 27.8 Å². The molecule has 3 aromatic rings. The van der Waals surface area contributed by atoms with Crippen LogP contribution in [0, 0.1) is 0 Å². The maximum absolute atomic E-state index is 12.8. The van der Waals surface area contributed by atoms with Crippen LogP contribution in [-0.2, 0) is 6.18 Å². The Bertz CT molecular complexity index is 1050. The molecule has 2 heterocycles. The molecule has 0 spiro atoms. The predicted molar refractivity (Wildman–Crippen MR) is 105 cm³/mol. The van der Waals surface area contributed by atoms with Crippen molar-refractivity contribution in [3.8, 4) is 17.1 Å². The minimum absolute atomic E-state index is 0.0403. The van der Waals surface area contributed by atoms with Crippen LogP contribution < -0.4 is 10.1 Å². The first-order chi connectivity index (χ1) is 14.2. The van der Waals surface area contributed by atoms with Crippen LogP contribution in [0.15, 0.2) is 42.6 Å². The van der Waals surface area contributed by atoms with Gasteiger partial charge in [-0.2, -0.15) is 13.2 Å². The third kappa shape index (κ3) is 4.68. The van der Waals surface area contributed by atoms with E-state index in [-0.39, 0.29) is 24.2 Å². The summed E-state index contributed by atoms with van der Waals surface area (Å²) in [5.41, 5.74) is 0.511. The summed E-state index contributed by atoms with van der Waals surface area (Å²) in [5.74, 6) is 0.133. The number of aliphatic hydroxyl groups is 1. The maximum Gasteiger partial charge on any atom is 0.417 e. The van der Waals surface area contributed by atoms with Gasteiger partial charge in [0.15, 0.2) is 0 Å². The molecule has 9 heteroatoms. The fraction of sp³-hybridized carbons (Fsp3) is 0.286. The van der Waals surface area contributed by atoms with Crippen molar-refractivity contribution in [2.75, 3.05) is 13.7 Å². The first-order valence-electron chi connectivity index (χ1n) is 9.17. The fourth-order valence-corrected chi connectivity index (χ4v) is 2.92. The van der Waals surface area contributed by atoms with E-state index >= 15 is 0 Å². The van der Waals surface area contributed by atoms with Crippen LogP contribution in [0.25, 0.3) is 22.3 Å². The van der Waals surface area contributed by atoms with Crippen LogP contribution in [0.3, 0.4) is 0 Å². The summed E-state index contributed by atoms with van der Waals surface area (Å²) in [6.07, 6.45) is -3.30. The van der Waals surface area contributed by atoms with Gasteiger partial charge in [0.25, 0.3) is 5.91 Å². The van der Waals surface area contributed by atoms with Crippen LogP contribution in [0.1, 0.15) is 29.3 Å². The number of nitrogens with one attached hydrogen (secondary N) is 1. The van der Waals surface area contributed by atoms with Gasteiger partial charge in [0.2, 0.25) is 0 Å². The average Bonchev–Trinajstić information content (AvgIpc) is 2.72. The lowest BCUT2D eigenvalue weighted by molar-refractivity contribution is -0.137. The quantitative estimate of drug-likeness (QED) is 0.635. The Hall–Kier alpha value is -3.20. The summed E-state index contributed by atoms with van der Waals surface area (Å²) < 4.78 is 43.7. The van der Waals surface area contributed by atoms with E-state index < -0.39 is 11.7 Å². The molecule has 0 aliphatic heterocycles. The number of rotatable bonds is 6. The molecule has 6 nitrogen and oxygen atoms in total. The Kier molecular flexibility index (Phi) is 6.21. The molecule has 2 aromatic heterocycles. The minimum atomic E-state index is -4.48. The van der Waals surface area contributed by atoms with Crippen molar-refractivity contribution in [1.82, 2.24) is 15.3 Å². The lowest BCUT2D eigenvalue weighted by atomic mass is 10.1. The molecule has 0 fully saturated rings. The van der Waals surface area contributed by atoms with Crippen LogP contribution in [0.5, 0.6) is 5.75 Å². The summed E-state index contributed by atoms with van der Waals surface area (Å²) in [6, 6.07) is 8.45. The van der Waals surface area contributed by atoms with Gasteiger partial charge < -0.3 is 15.2 Å². The molecule has 3 rings (SSSR count). The van der Waals surface area contributed by atoms with Gasteiger partial charge in [0, 0.05) is 35.9 Å². The van der Waals surface area contributed by atoms with E-state index in [0.29, 0.717) is 34.3 Å². The van der Waals surface area contributed by atoms with Crippen LogP contribution in [0.4, 0.5) is 13.2 Å². The number of alkyl halides is 3. The number of aliphatic hydroxyl groups excluding tert-OH is 1. The zero-order chi connectivity index (χ0) is 21.9. The second-order valence-electron chi connectivity index (χ2n) is 6.76. The number of ether oxygens (including phenoxy) is 1. The van der Waals surface area contributed by atoms with Crippen LogP contribution in [0.2, 0.25) is 0 Å². The number of nitrogens with zero attached hydrogens (tertiary/aromatic N) is 2. The summed E-state index contributed by atoms with van der Waals surface area (Å²) in [4.78, 5) is 20.8. The van der Waals surface area contributed by atoms with Gasteiger partial charge in [-0.3, -0.25) is 9.78 Å². The monoisotopic (exact) mass is 419 g/mol. The van der Waals surface area contributed by atoms with Gasteiger partial charge in [-0.25, -0.2) is 4.98 Å². The number of methoxy groups -OCH3 is 1. The minimum Gasteiger partial charge on any atom is -0.496 e. The molecule has 1 amide bonds. The van der Waals surface area contributed by atoms with E-state index in [0.717, 1.165) is 12.3 Å². The lowest BCUT2D eigenvalue weighted by Gasteiger charge is -2.13. The number of halogens is 3. The standard InChI is InChI=1S/C21H20F3N3O3/c1-12(7-8-28)26-20(29)13-3-5-15-17(9-13)27-18(10-19(15)30-2)16-6-4-14(11-25-16)21(22,23)24/h3-6,9-12,28H,7-8H2,1-2H3,(H,26,29)/t12-/m1/s1. The molecule has 0 bridgehead atoms. The van der Waals surface area contributed by atoms with E-state index in [4.69, 9.17) is 9.84 Å². The number of carbonyl (C=O) groups is 1. The number of amides is 1. The number of aromatic nitrogens is 2. The molecular formula is C21H20F3N3O3. The second-order valence-corrected chi connectivity index (χ2v) is 6.76. The number of fused-ring (bicyclic) bond motifs is 1. The third-order valence-corrected chi connectivity index (χ3v) is 4.55. The Morgan fingerprint density at radius 2 is 1.97 bits per heavy atom. The normalized spacial score (nSPS) is 12.6. The van der Waals surface area contributed by atoms with E-state index in [1.54, 1.807) is 31.2 Å². The van der Waals surface area contributed by atoms with Gasteiger partial charge in [-0.15, -0.1) is 0 Å². The Morgan fingerprint density at radius 3 is 2.57 bits per heavy atom. The molecule has 1 atom stereocenters. The topological polar surface area (TPSA) is 84.3 Å². The van der Waals surface area contributed by atoms with Crippen molar-refractivity contribution in [3.63, 3.8) is 0 Å². The highest BCUT2D eigenvalue weighted by atomic mass is 19.4. The van der Waals surface area contributed by atoms with Crippen LogP contribution in [-0.4, -0.2) is 40.7 Å². The van der Waals surface area contributed by atoms with Gasteiger partial charge >= 0.3 is 6.18 Å². The number of hydrogen-bond donors (Lipinski definition) is 2. The summed E-state index contributed by atoms with van der Waals surface area (Å²) in [6.45, 7) is 1.74. The van der Waals surface area contributed by atoms with Gasteiger partial charge in [-0.05, 0) is 43.7 Å². The Labute approximate surface area is 170 Å². The van der Waals surface area contributed by atoms with E-state index in [2.05, 4.69) is 15.3 Å². The number of carbonyl (C=O) groups excluding carboxylic acids is 1. The third-order valence-electron chi connectivity index (χ3n) is 4.55. The molecule has 0 saturated heterocycles. The molecule has 30 heavy (non-hydrogen) atoms. The van der Waals surface area contributed by atoms with E-state index in [1.807, 2.05) is 0 Å². The molecule has 0 unspecified atom stereocenters. The highest BCUT2D eigenvalue weighted by Gasteiger charge is 2.30. The molecule has 0 saturated carbocycles. The number of hydrogen-bond acceptors (Lipinski definition) is 5. The van der Waals surface area contributed by atoms with Crippen molar-refractivity contribution in [2.45, 2.75) is 25.6 Å². The number of benzene rings is 1. The van der Waals surface area contributed by atoms with Crippen molar-refractivity contribution in [2.24, 2.45) is 0 Å². The van der Waals surface area contributed by atoms with E-state index in [1.165, 1.54) is 13.2 Å². The lowest BCUT2D eigenvalue weighted by Crippen LogP contribution is -2.33. The molecule has 1 aromatic carbocycles. The van der Waals surface area contributed by atoms with Crippen LogP contribution >= 0.6 is 0 Å². The largest absolute Gasteiger partial charge is 0.496 e. The first kappa shape index (κ1) is 21.5. The highest BCUT2D eigenvalue weighted by Crippen LogP contribution is 2.32. The zero-order valence-electron chi connectivity index (χ0n) is 16.3.